The molecule has 0 radical (unpaired) electrons. The number of piperidine rings is 1. The first-order chi connectivity index (χ1) is 13.3. The number of carbonyl (C=O) groups excluding carboxylic acids is 2. The Morgan fingerprint density at radius 3 is 2.29 bits per heavy atom. The highest BCUT2D eigenvalue weighted by Crippen LogP contribution is 2.45. The van der Waals surface area contributed by atoms with Crippen molar-refractivity contribution in [1.82, 2.24) is 10.2 Å². The average Bonchev–Trinajstić information content (AvgIpc) is 3.46. The zero-order valence-corrected chi connectivity index (χ0v) is 16.4. The number of hydrogen-bond acceptors (Lipinski definition) is 4. The number of ether oxygens (including phenoxy) is 1. The van der Waals surface area contributed by atoms with Crippen molar-refractivity contribution in [1.29, 1.82) is 0 Å². The van der Waals surface area contributed by atoms with Crippen molar-refractivity contribution in [3.05, 3.63) is 29.8 Å². The number of likely N-dealkylation sites (tertiary alicyclic amines) is 1. The Bertz CT molecular complexity index is 732. The van der Waals surface area contributed by atoms with Crippen LogP contribution in [0.25, 0.3) is 0 Å². The molecule has 2 fully saturated rings. The second kappa shape index (κ2) is 8.20. The summed E-state index contributed by atoms with van der Waals surface area (Å²) in [6.07, 6.45) is 4.37. The van der Waals surface area contributed by atoms with Gasteiger partial charge in [-0.05, 0) is 70.2 Å². The number of carbonyl (C=O) groups is 3. The molecule has 28 heavy (non-hydrogen) atoms. The van der Waals surface area contributed by atoms with Gasteiger partial charge in [-0.1, -0.05) is 0 Å². The van der Waals surface area contributed by atoms with Crippen molar-refractivity contribution in [2.75, 3.05) is 13.2 Å². The fraction of sp³-hybridized carbons (Fsp3) is 0.571. The lowest BCUT2D eigenvalue weighted by atomic mass is 9.97. The predicted octanol–water partition coefficient (Wildman–Crippen LogP) is 2.45. The Labute approximate surface area is 165 Å². The van der Waals surface area contributed by atoms with Crippen LogP contribution in [-0.4, -0.2) is 53.0 Å². The van der Waals surface area contributed by atoms with E-state index in [2.05, 4.69) is 19.2 Å². The van der Waals surface area contributed by atoms with Gasteiger partial charge in [0.25, 0.3) is 11.8 Å². The quantitative estimate of drug-likeness (QED) is 0.748. The third kappa shape index (κ3) is 4.46. The SMILES string of the molecule is CC1CCCC(C)N1C(=O)COc1ccc(C(=O)NCC2(C(=O)O)CC2)cc1. The first-order valence-corrected chi connectivity index (χ1v) is 9.88. The smallest absolute Gasteiger partial charge is 0.311 e. The van der Waals surface area contributed by atoms with E-state index in [1.54, 1.807) is 24.3 Å². The highest BCUT2D eigenvalue weighted by molar-refractivity contribution is 5.94. The highest BCUT2D eigenvalue weighted by Gasteiger charge is 2.50. The lowest BCUT2D eigenvalue weighted by Crippen LogP contribution is -2.49. The van der Waals surface area contributed by atoms with Crippen LogP contribution >= 0.6 is 0 Å². The molecule has 1 aromatic rings. The number of hydrogen-bond donors (Lipinski definition) is 2. The molecule has 1 saturated heterocycles. The van der Waals surface area contributed by atoms with Gasteiger partial charge in [-0.15, -0.1) is 0 Å². The number of carboxylic acid groups (broad SMARTS) is 1. The summed E-state index contributed by atoms with van der Waals surface area (Å²) in [7, 11) is 0. The minimum Gasteiger partial charge on any atom is -0.484 e. The summed E-state index contributed by atoms with van der Waals surface area (Å²) in [6.45, 7) is 4.25. The molecule has 2 aliphatic rings. The Morgan fingerprint density at radius 2 is 1.75 bits per heavy atom. The van der Waals surface area contributed by atoms with Crippen LogP contribution in [0, 0.1) is 5.41 Å². The number of nitrogens with one attached hydrogen (secondary N) is 1. The minimum absolute atomic E-state index is 0.0232. The molecule has 2 atom stereocenters. The van der Waals surface area contributed by atoms with Crippen LogP contribution < -0.4 is 10.1 Å². The van der Waals surface area contributed by atoms with Gasteiger partial charge in [-0.25, -0.2) is 0 Å². The van der Waals surface area contributed by atoms with Crippen LogP contribution in [0.15, 0.2) is 24.3 Å². The zero-order chi connectivity index (χ0) is 20.3. The molecule has 0 spiro atoms. The Balaban J connectivity index is 1.49. The van der Waals surface area contributed by atoms with E-state index in [0.29, 0.717) is 24.2 Å². The average molecular weight is 388 g/mol. The molecule has 2 unspecified atom stereocenters. The van der Waals surface area contributed by atoms with Crippen LogP contribution in [0.3, 0.4) is 0 Å². The topological polar surface area (TPSA) is 95.9 Å². The van der Waals surface area contributed by atoms with Crippen LogP contribution in [0.4, 0.5) is 0 Å². The molecule has 7 heteroatoms. The fourth-order valence-electron chi connectivity index (χ4n) is 3.80. The van der Waals surface area contributed by atoms with Gasteiger partial charge in [0.05, 0.1) is 5.41 Å². The van der Waals surface area contributed by atoms with Crippen molar-refractivity contribution in [3.8, 4) is 5.75 Å². The zero-order valence-electron chi connectivity index (χ0n) is 16.4. The first kappa shape index (κ1) is 20.2. The third-order valence-corrected chi connectivity index (χ3v) is 5.85. The molecule has 1 aromatic carbocycles. The first-order valence-electron chi connectivity index (χ1n) is 9.88. The summed E-state index contributed by atoms with van der Waals surface area (Å²) in [4.78, 5) is 37.8. The standard InChI is InChI=1S/C21H28N2O5/c1-14-4-3-5-15(2)23(14)18(24)12-28-17-8-6-16(7-9-17)19(25)22-13-21(10-11-21)20(26)27/h6-9,14-15H,3-5,10-13H2,1-2H3,(H,22,25)(H,26,27). The van der Waals surface area contributed by atoms with E-state index < -0.39 is 11.4 Å². The lowest BCUT2D eigenvalue weighted by molar-refractivity contribution is -0.143. The summed E-state index contributed by atoms with van der Waals surface area (Å²) in [5.74, 6) is -0.680. The van der Waals surface area contributed by atoms with Gasteiger partial charge >= 0.3 is 5.97 Å². The van der Waals surface area contributed by atoms with Crippen molar-refractivity contribution in [2.24, 2.45) is 5.41 Å². The second-order valence-electron chi connectivity index (χ2n) is 8.01. The maximum Gasteiger partial charge on any atom is 0.311 e. The number of amides is 2. The molecular weight excluding hydrogens is 360 g/mol. The summed E-state index contributed by atoms with van der Waals surface area (Å²) >= 11 is 0. The summed E-state index contributed by atoms with van der Waals surface area (Å²) in [5.41, 5.74) is -0.361. The maximum absolute atomic E-state index is 12.5. The summed E-state index contributed by atoms with van der Waals surface area (Å²) in [5, 5.41) is 11.8. The Kier molecular flexibility index (Phi) is 5.91. The Hall–Kier alpha value is -2.57. The lowest BCUT2D eigenvalue weighted by Gasteiger charge is -2.38. The van der Waals surface area contributed by atoms with Gasteiger partial charge in [0.2, 0.25) is 0 Å². The van der Waals surface area contributed by atoms with Crippen molar-refractivity contribution < 1.29 is 24.2 Å². The van der Waals surface area contributed by atoms with Gasteiger partial charge in [0.15, 0.2) is 6.61 Å². The van der Waals surface area contributed by atoms with E-state index in [9.17, 15) is 14.4 Å². The predicted molar refractivity (Wildman–Crippen MR) is 103 cm³/mol. The van der Waals surface area contributed by atoms with Crippen LogP contribution in [0.2, 0.25) is 0 Å². The molecule has 152 valence electrons. The maximum atomic E-state index is 12.5. The third-order valence-electron chi connectivity index (χ3n) is 5.85. The molecular formula is C21H28N2O5. The number of rotatable bonds is 7. The minimum atomic E-state index is -0.862. The van der Waals surface area contributed by atoms with Gasteiger partial charge in [-0.3, -0.25) is 14.4 Å². The number of benzene rings is 1. The van der Waals surface area contributed by atoms with Gasteiger partial charge < -0.3 is 20.1 Å². The number of nitrogens with zero attached hydrogens (tertiary/aromatic N) is 1. The van der Waals surface area contributed by atoms with Crippen LogP contribution in [0.5, 0.6) is 5.75 Å². The van der Waals surface area contributed by atoms with E-state index in [1.165, 1.54) is 0 Å². The van der Waals surface area contributed by atoms with E-state index in [1.807, 2.05) is 4.90 Å². The molecule has 2 amide bonds. The van der Waals surface area contributed by atoms with Gasteiger partial charge in [-0.2, -0.15) is 0 Å². The highest BCUT2D eigenvalue weighted by atomic mass is 16.5. The molecule has 0 bridgehead atoms. The monoisotopic (exact) mass is 388 g/mol. The number of aliphatic carboxylic acids is 1. The van der Waals surface area contributed by atoms with Crippen molar-refractivity contribution >= 4 is 17.8 Å². The van der Waals surface area contributed by atoms with Gasteiger partial charge in [0, 0.05) is 24.2 Å². The summed E-state index contributed by atoms with van der Waals surface area (Å²) < 4.78 is 5.61. The molecule has 1 aliphatic carbocycles. The largest absolute Gasteiger partial charge is 0.484 e. The molecule has 3 rings (SSSR count). The van der Waals surface area contributed by atoms with Crippen LogP contribution in [-0.2, 0) is 9.59 Å². The second-order valence-corrected chi connectivity index (χ2v) is 8.01. The Morgan fingerprint density at radius 1 is 1.14 bits per heavy atom. The molecule has 1 saturated carbocycles. The van der Waals surface area contributed by atoms with Gasteiger partial charge in [0.1, 0.15) is 5.75 Å². The summed E-state index contributed by atoms with van der Waals surface area (Å²) in [6, 6.07) is 6.98. The van der Waals surface area contributed by atoms with E-state index in [4.69, 9.17) is 9.84 Å². The van der Waals surface area contributed by atoms with Crippen molar-refractivity contribution in [2.45, 2.75) is 58.0 Å². The molecule has 1 aliphatic heterocycles. The number of carboxylic acids is 1. The van der Waals surface area contributed by atoms with Crippen LogP contribution in [0.1, 0.15) is 56.3 Å². The van der Waals surface area contributed by atoms with E-state index in [-0.39, 0.29) is 37.0 Å². The van der Waals surface area contributed by atoms with Crippen molar-refractivity contribution in [3.63, 3.8) is 0 Å². The molecule has 2 N–H and O–H groups in total. The van der Waals surface area contributed by atoms with E-state index in [0.717, 1.165) is 19.3 Å². The fourth-order valence-corrected chi connectivity index (χ4v) is 3.80. The molecule has 0 aromatic heterocycles. The normalized spacial score (nSPS) is 23.0. The molecule has 7 nitrogen and oxygen atoms in total. The molecule has 1 heterocycles. The van der Waals surface area contributed by atoms with E-state index >= 15 is 0 Å².